The Balaban J connectivity index is 0.735. The monoisotopic (exact) mass is 1160 g/mol. The SMILES string of the molecule is C=C(CCC(=O)NCCCC(=O)N[C@H]1CCc2c(C)c(F)cc3nc4c(c1c23)Cn1c-4cc2c(c1=O)COC(=O)[C@]2(O)CC)[C@H](Cc1ccccc1)NC(=O)CCC(=O)CNC(=O)CCOCCOCCNC(=O)CCN1C(=O)CC(C)C1=O. The van der Waals surface area contributed by atoms with Crippen molar-refractivity contribution in [2.75, 3.05) is 52.6 Å². The van der Waals surface area contributed by atoms with Crippen LogP contribution in [0.4, 0.5) is 4.39 Å². The maximum Gasteiger partial charge on any atom is 0.343 e. The summed E-state index contributed by atoms with van der Waals surface area (Å²) in [5.74, 6) is -4.20. The number of hydrogen-bond acceptors (Lipinski definition) is 15. The van der Waals surface area contributed by atoms with Crippen LogP contribution in [0.15, 0.2) is 59.4 Å². The fourth-order valence-corrected chi connectivity index (χ4v) is 11.2. The number of aliphatic hydroxyl groups is 1. The van der Waals surface area contributed by atoms with Crippen molar-refractivity contribution in [3.8, 4) is 11.4 Å². The summed E-state index contributed by atoms with van der Waals surface area (Å²) in [5.41, 5.74) is 3.18. The number of halogens is 1. The summed E-state index contributed by atoms with van der Waals surface area (Å²) in [4.78, 5) is 134. The average Bonchev–Trinajstić information content (AvgIpc) is 4.20. The van der Waals surface area contributed by atoms with E-state index in [-0.39, 0.29) is 176 Å². The molecule has 2 aromatic heterocycles. The maximum atomic E-state index is 15.4. The van der Waals surface area contributed by atoms with Crippen LogP contribution >= 0.6 is 0 Å². The second-order valence-electron chi connectivity index (χ2n) is 21.8. The van der Waals surface area contributed by atoms with Crippen molar-refractivity contribution < 1.29 is 66.9 Å². The third kappa shape index (κ3) is 14.7. The molecule has 1 saturated heterocycles. The Labute approximate surface area is 485 Å². The molecule has 4 aromatic rings. The summed E-state index contributed by atoms with van der Waals surface area (Å²) in [7, 11) is 0. The minimum absolute atomic E-state index is 0.00491. The zero-order valence-electron chi connectivity index (χ0n) is 47.7. The fraction of sp³-hybridized carbons (Fsp3) is 0.492. The highest BCUT2D eigenvalue weighted by atomic mass is 19.1. The number of hydrogen-bond donors (Lipinski definition) is 6. The molecule has 1 unspecified atom stereocenters. The number of Topliss-reactive ketones (excluding diaryl/α,β-unsaturated/α-hetero) is 1. The first-order valence-corrected chi connectivity index (χ1v) is 28.7. The normalized spacial score (nSPS) is 17.9. The second-order valence-corrected chi connectivity index (χ2v) is 21.8. The van der Waals surface area contributed by atoms with E-state index in [0.717, 1.165) is 21.6 Å². The number of amides is 7. The molecule has 6 N–H and O–H groups in total. The number of aromatic nitrogens is 2. The van der Waals surface area contributed by atoms with Crippen LogP contribution < -0.4 is 32.1 Å². The molecular formula is C61H73FN8O14. The predicted molar refractivity (Wildman–Crippen MR) is 303 cm³/mol. The standard InChI is InChI=1S/C61H73FN8O14/c1-5-61(81)43-30-48-57-41(33-70(48)59(79)42(43)34-84-60(61)80)56-45(16-15-40-37(4)44(62)31-47(68-57)55(40)56)66-52(75)12-9-21-63-49(72)17-13-35(2)46(29-38-10-7-6-8-11-38)67-53(76)18-14-39(71)32-65-51(74)20-24-82-26-27-83-25-22-64-50(73)19-23-69-54(77)28-36(3)58(69)78/h6-8,10-11,30-31,36,45-46,81H,2,5,9,12-29,32-34H2,1,3-4H3,(H,63,72)(H,64,73)(H,65,74)(H,66,75)(H,67,76)/t36?,45-,46-,61-/m0/s1. The Morgan fingerprint density at radius 2 is 1.56 bits per heavy atom. The number of carbonyl (C=O) groups excluding carboxylic acids is 9. The van der Waals surface area contributed by atoms with Gasteiger partial charge in [0, 0.05) is 93.1 Å². The van der Waals surface area contributed by atoms with Crippen LogP contribution in [0.25, 0.3) is 22.3 Å². The third-order valence-corrected chi connectivity index (χ3v) is 16.0. The van der Waals surface area contributed by atoms with E-state index in [4.69, 9.17) is 19.2 Å². The number of cyclic esters (lactones) is 1. The summed E-state index contributed by atoms with van der Waals surface area (Å²) in [6.45, 7) is 9.91. The van der Waals surface area contributed by atoms with Gasteiger partial charge in [0.25, 0.3) is 5.56 Å². The van der Waals surface area contributed by atoms with Crippen LogP contribution in [-0.4, -0.2) is 131 Å². The van der Waals surface area contributed by atoms with Gasteiger partial charge in [0.1, 0.15) is 12.4 Å². The van der Waals surface area contributed by atoms with E-state index < -0.39 is 46.8 Å². The van der Waals surface area contributed by atoms with Gasteiger partial charge in [0.05, 0.1) is 74.1 Å². The number of ketones is 1. The van der Waals surface area contributed by atoms with Crippen LogP contribution in [-0.2, 0) is 89.0 Å². The van der Waals surface area contributed by atoms with Gasteiger partial charge in [-0.15, -0.1) is 0 Å². The molecule has 0 spiro atoms. The van der Waals surface area contributed by atoms with E-state index in [1.807, 2.05) is 30.3 Å². The molecule has 4 aliphatic rings. The molecular weight excluding hydrogens is 1090 g/mol. The van der Waals surface area contributed by atoms with Crippen molar-refractivity contribution in [2.45, 2.75) is 135 Å². The Kier molecular flexibility index (Phi) is 20.7. The summed E-state index contributed by atoms with van der Waals surface area (Å²) >= 11 is 0. The van der Waals surface area contributed by atoms with Crippen molar-refractivity contribution in [3.63, 3.8) is 0 Å². The van der Waals surface area contributed by atoms with Crippen molar-refractivity contribution in [3.05, 3.63) is 110 Å². The highest BCUT2D eigenvalue weighted by Crippen LogP contribution is 2.46. The molecule has 3 aliphatic heterocycles. The first-order chi connectivity index (χ1) is 40.3. The number of nitrogens with one attached hydrogen (secondary N) is 5. The third-order valence-electron chi connectivity index (χ3n) is 16.0. The van der Waals surface area contributed by atoms with Crippen molar-refractivity contribution in [1.29, 1.82) is 0 Å². The molecule has 8 rings (SSSR count). The summed E-state index contributed by atoms with van der Waals surface area (Å²) in [6.07, 6.45) is 1.85. The number of esters is 1. The van der Waals surface area contributed by atoms with E-state index in [0.29, 0.717) is 64.7 Å². The number of aryl methyl sites for hydroxylation is 1. The van der Waals surface area contributed by atoms with Crippen molar-refractivity contribution in [2.24, 2.45) is 5.92 Å². The number of fused-ring (bicyclic) bond motifs is 5. The van der Waals surface area contributed by atoms with E-state index >= 15 is 4.39 Å². The topological polar surface area (TPSA) is 300 Å². The van der Waals surface area contributed by atoms with E-state index in [1.54, 1.807) is 26.8 Å². The number of pyridine rings is 2. The lowest BCUT2D eigenvalue weighted by atomic mass is 9.81. The zero-order valence-corrected chi connectivity index (χ0v) is 47.7. The number of nitrogens with zero attached hydrogens (tertiary/aromatic N) is 3. The van der Waals surface area contributed by atoms with Gasteiger partial charge in [-0.25, -0.2) is 14.2 Å². The molecule has 0 bridgehead atoms. The zero-order chi connectivity index (χ0) is 60.2. The van der Waals surface area contributed by atoms with E-state index in [2.05, 4.69) is 33.2 Å². The molecule has 2 aromatic carbocycles. The lowest BCUT2D eigenvalue weighted by molar-refractivity contribution is -0.172. The largest absolute Gasteiger partial charge is 0.458 e. The minimum atomic E-state index is -2.03. The first-order valence-electron chi connectivity index (χ1n) is 28.7. The molecule has 1 fully saturated rings. The summed E-state index contributed by atoms with van der Waals surface area (Å²) in [5, 5.41) is 26.3. The van der Waals surface area contributed by atoms with Crippen molar-refractivity contribution >= 4 is 64.0 Å². The minimum Gasteiger partial charge on any atom is -0.458 e. The summed E-state index contributed by atoms with van der Waals surface area (Å²) in [6, 6.07) is 11.3. The number of rotatable bonds is 30. The van der Waals surface area contributed by atoms with Crippen LogP contribution in [0.5, 0.6) is 0 Å². The van der Waals surface area contributed by atoms with Crippen LogP contribution in [0.1, 0.15) is 129 Å². The Morgan fingerprint density at radius 3 is 2.30 bits per heavy atom. The molecule has 1 aliphatic carbocycles. The predicted octanol–water partition coefficient (Wildman–Crippen LogP) is 3.38. The first kappa shape index (κ1) is 62.0. The lowest BCUT2D eigenvalue weighted by Crippen LogP contribution is -2.44. The smallest absolute Gasteiger partial charge is 0.343 e. The highest BCUT2D eigenvalue weighted by Gasteiger charge is 2.46. The molecule has 22 nitrogen and oxygen atoms in total. The van der Waals surface area contributed by atoms with Crippen LogP contribution in [0, 0.1) is 18.7 Å². The van der Waals surface area contributed by atoms with Crippen molar-refractivity contribution in [1.82, 2.24) is 41.0 Å². The molecule has 448 valence electrons. The van der Waals surface area contributed by atoms with Gasteiger partial charge in [-0.3, -0.25) is 48.1 Å². The lowest BCUT2D eigenvalue weighted by Gasteiger charge is -2.31. The quantitative estimate of drug-likeness (QED) is 0.0166. The number of imide groups is 1. The molecule has 0 radical (unpaired) electrons. The van der Waals surface area contributed by atoms with Gasteiger partial charge in [-0.05, 0) is 73.8 Å². The van der Waals surface area contributed by atoms with E-state index in [1.165, 1.54) is 10.6 Å². The molecule has 23 heteroatoms. The van der Waals surface area contributed by atoms with Gasteiger partial charge in [0.15, 0.2) is 11.4 Å². The maximum absolute atomic E-state index is 15.4. The highest BCUT2D eigenvalue weighted by molar-refractivity contribution is 6.03. The number of benzene rings is 2. The van der Waals surface area contributed by atoms with E-state index in [9.17, 15) is 53.1 Å². The Morgan fingerprint density at radius 1 is 0.845 bits per heavy atom. The molecule has 7 amide bonds. The number of likely N-dealkylation sites (tertiary alicyclic amines) is 1. The van der Waals surface area contributed by atoms with Gasteiger partial charge in [0.2, 0.25) is 41.4 Å². The molecule has 5 heterocycles. The van der Waals surface area contributed by atoms with Gasteiger partial charge < -0.3 is 50.5 Å². The molecule has 84 heavy (non-hydrogen) atoms. The average molecular weight is 1160 g/mol. The number of ether oxygens (including phenoxy) is 3. The van der Waals surface area contributed by atoms with Gasteiger partial charge in [-0.2, -0.15) is 0 Å². The Hall–Kier alpha value is -8.02. The van der Waals surface area contributed by atoms with Crippen LogP contribution in [0.2, 0.25) is 0 Å². The van der Waals surface area contributed by atoms with Crippen LogP contribution in [0.3, 0.4) is 0 Å². The van der Waals surface area contributed by atoms with Gasteiger partial charge in [-0.1, -0.05) is 56.3 Å². The summed E-state index contributed by atoms with van der Waals surface area (Å²) < 4.78 is 33.0. The Bertz CT molecular complexity index is 3310. The molecule has 4 atom stereocenters. The second kappa shape index (κ2) is 28.0. The fourth-order valence-electron chi connectivity index (χ4n) is 11.2. The number of carbonyl (C=O) groups is 9. The van der Waals surface area contributed by atoms with Gasteiger partial charge >= 0.3 is 5.97 Å². The molecule has 0 saturated carbocycles.